The molecule has 1 aliphatic rings. The maximum absolute atomic E-state index is 11.5. The van der Waals surface area contributed by atoms with Crippen LogP contribution in [0.4, 0.5) is 0 Å². The summed E-state index contributed by atoms with van der Waals surface area (Å²) in [4.78, 5) is 4.40. The second kappa shape index (κ2) is 6.16. The molecule has 0 saturated carbocycles. The summed E-state index contributed by atoms with van der Waals surface area (Å²) in [5.41, 5.74) is 0. The molecule has 7 heteroatoms. The molecule has 1 rings (SSSR count). The summed E-state index contributed by atoms with van der Waals surface area (Å²) in [6.45, 7) is 4.70. The monoisotopic (exact) mass is 269 g/mol. The van der Waals surface area contributed by atoms with Crippen molar-refractivity contribution in [2.45, 2.75) is 0 Å². The van der Waals surface area contributed by atoms with Crippen LogP contribution in [0.3, 0.4) is 0 Å². The highest BCUT2D eigenvalue weighted by molar-refractivity contribution is 7.90. The Balaban J connectivity index is 2.34. The average Bonchev–Trinajstić information content (AvgIpc) is 2.27. The zero-order valence-electron chi connectivity index (χ0n) is 9.89. The summed E-state index contributed by atoms with van der Waals surface area (Å²) < 4.78 is 24.5. The van der Waals surface area contributed by atoms with Crippen LogP contribution in [0.1, 0.15) is 0 Å². The van der Waals surface area contributed by atoms with Crippen molar-refractivity contribution < 1.29 is 8.42 Å². The van der Waals surface area contributed by atoms with Gasteiger partial charge in [0.15, 0.2) is 0 Å². The number of hydrogen-bond donors (Lipinski definition) is 0. The lowest BCUT2D eigenvalue weighted by Gasteiger charge is -2.34. The number of sulfonamides is 1. The number of rotatable bonds is 5. The molecular weight excluding hydrogens is 250 g/mol. The van der Waals surface area contributed by atoms with Gasteiger partial charge in [0.05, 0.1) is 0 Å². The van der Waals surface area contributed by atoms with E-state index in [1.165, 1.54) is 4.31 Å². The Morgan fingerprint density at radius 2 is 1.75 bits per heavy atom. The Labute approximate surface area is 103 Å². The summed E-state index contributed by atoms with van der Waals surface area (Å²) in [6, 6.07) is 0. The molecule has 1 aliphatic heterocycles. The van der Waals surface area contributed by atoms with E-state index in [0.717, 1.165) is 26.2 Å². The van der Waals surface area contributed by atoms with Crippen molar-refractivity contribution in [2.75, 3.05) is 58.6 Å². The van der Waals surface area contributed by atoms with Crippen LogP contribution < -0.4 is 0 Å². The van der Waals surface area contributed by atoms with Crippen LogP contribution in [0, 0.1) is 0 Å². The van der Waals surface area contributed by atoms with Gasteiger partial charge in [-0.25, -0.2) is 8.42 Å². The molecule has 0 aromatic rings. The van der Waals surface area contributed by atoms with E-state index in [9.17, 15) is 8.42 Å². The van der Waals surface area contributed by atoms with E-state index in [1.54, 1.807) is 0 Å². The van der Waals surface area contributed by atoms with Crippen molar-refractivity contribution >= 4 is 21.6 Å². The first-order chi connectivity index (χ1) is 7.45. The molecule has 16 heavy (non-hydrogen) atoms. The van der Waals surface area contributed by atoms with Crippen molar-refractivity contribution in [3.05, 3.63) is 0 Å². The van der Waals surface area contributed by atoms with Gasteiger partial charge < -0.3 is 4.90 Å². The lowest BCUT2D eigenvalue weighted by Crippen LogP contribution is -2.50. The highest BCUT2D eigenvalue weighted by Gasteiger charge is 2.25. The van der Waals surface area contributed by atoms with E-state index in [0.29, 0.717) is 13.1 Å². The molecule has 1 fully saturated rings. The molecule has 0 aromatic carbocycles. The fourth-order valence-corrected chi connectivity index (χ4v) is 2.91. The van der Waals surface area contributed by atoms with Crippen molar-refractivity contribution in [2.24, 2.45) is 0 Å². The Morgan fingerprint density at radius 1 is 1.19 bits per heavy atom. The van der Waals surface area contributed by atoms with Crippen LogP contribution in [0.25, 0.3) is 0 Å². The quantitative estimate of drug-likeness (QED) is 0.643. The van der Waals surface area contributed by atoms with Gasteiger partial charge in [-0.1, -0.05) is 0 Å². The first-order valence-corrected chi connectivity index (χ1v) is 7.51. The van der Waals surface area contributed by atoms with Crippen molar-refractivity contribution in [1.82, 2.24) is 14.1 Å². The molecular formula is C9H20ClN3O2S. The van der Waals surface area contributed by atoms with Crippen molar-refractivity contribution in [3.8, 4) is 0 Å². The molecule has 0 radical (unpaired) electrons. The maximum Gasteiger partial charge on any atom is 0.228 e. The third-order valence-corrected chi connectivity index (χ3v) is 4.98. The van der Waals surface area contributed by atoms with Gasteiger partial charge >= 0.3 is 0 Å². The van der Waals surface area contributed by atoms with E-state index >= 15 is 0 Å². The predicted octanol–water partition coefficient (Wildman–Crippen LogP) is -0.308. The third-order valence-electron chi connectivity index (χ3n) is 2.73. The van der Waals surface area contributed by atoms with Gasteiger partial charge in [0.25, 0.3) is 0 Å². The number of piperazine rings is 1. The smallest absolute Gasteiger partial charge is 0.228 e. The molecule has 5 nitrogen and oxygen atoms in total. The fraction of sp³-hybridized carbons (Fsp3) is 1.00. The minimum Gasteiger partial charge on any atom is -0.308 e. The SMILES string of the molecule is CN(C)CCN1CCN(S(=O)(=O)CCl)CC1. The highest BCUT2D eigenvalue weighted by Crippen LogP contribution is 2.08. The van der Waals surface area contributed by atoms with E-state index in [1.807, 2.05) is 14.1 Å². The Morgan fingerprint density at radius 3 is 2.19 bits per heavy atom. The second-order valence-corrected chi connectivity index (χ2v) is 6.82. The van der Waals surface area contributed by atoms with E-state index in [2.05, 4.69) is 9.80 Å². The average molecular weight is 270 g/mol. The van der Waals surface area contributed by atoms with Crippen LogP contribution in [0.15, 0.2) is 0 Å². The van der Waals surface area contributed by atoms with Gasteiger partial charge in [-0.15, -0.1) is 11.6 Å². The van der Waals surface area contributed by atoms with E-state index in [-0.39, 0.29) is 5.21 Å². The summed E-state index contributed by atoms with van der Waals surface area (Å²) in [6.07, 6.45) is 0. The van der Waals surface area contributed by atoms with Gasteiger partial charge in [-0.05, 0) is 14.1 Å². The number of likely N-dealkylation sites (N-methyl/N-ethyl adjacent to an activating group) is 1. The molecule has 0 amide bonds. The van der Waals surface area contributed by atoms with Gasteiger partial charge in [-0.2, -0.15) is 4.31 Å². The van der Waals surface area contributed by atoms with Crippen LogP contribution in [0.5, 0.6) is 0 Å². The van der Waals surface area contributed by atoms with Crippen LogP contribution in [-0.4, -0.2) is 81.1 Å². The van der Waals surface area contributed by atoms with Gasteiger partial charge in [0.2, 0.25) is 10.0 Å². The summed E-state index contributed by atoms with van der Waals surface area (Å²) >= 11 is 5.42. The summed E-state index contributed by atoms with van der Waals surface area (Å²) in [7, 11) is 0.858. The second-order valence-electron chi connectivity index (χ2n) is 4.26. The highest BCUT2D eigenvalue weighted by atomic mass is 35.5. The first kappa shape index (κ1) is 14.2. The van der Waals surface area contributed by atoms with Crippen LogP contribution in [-0.2, 0) is 10.0 Å². The normalized spacial score (nSPS) is 20.5. The first-order valence-electron chi connectivity index (χ1n) is 5.36. The number of alkyl halides is 1. The molecule has 96 valence electrons. The molecule has 0 atom stereocenters. The molecule has 0 aromatic heterocycles. The Hall–Kier alpha value is 0.120. The zero-order valence-corrected chi connectivity index (χ0v) is 11.5. The molecule has 1 saturated heterocycles. The lowest BCUT2D eigenvalue weighted by molar-refractivity contribution is 0.175. The van der Waals surface area contributed by atoms with Gasteiger partial charge in [0.1, 0.15) is 5.21 Å². The van der Waals surface area contributed by atoms with Crippen LogP contribution >= 0.6 is 11.6 Å². The zero-order chi connectivity index (χ0) is 12.2. The van der Waals surface area contributed by atoms with E-state index in [4.69, 9.17) is 11.6 Å². The maximum atomic E-state index is 11.5. The molecule has 0 aliphatic carbocycles. The molecule has 1 heterocycles. The standard InChI is InChI=1S/C9H20ClN3O2S/c1-11(2)3-4-12-5-7-13(8-6-12)16(14,15)9-10/h3-9H2,1-2H3. The summed E-state index contributed by atoms with van der Waals surface area (Å²) in [5, 5.41) is -0.315. The fourth-order valence-electron chi connectivity index (χ4n) is 1.64. The largest absolute Gasteiger partial charge is 0.308 e. The van der Waals surface area contributed by atoms with Crippen molar-refractivity contribution in [1.29, 1.82) is 0 Å². The molecule has 0 bridgehead atoms. The lowest BCUT2D eigenvalue weighted by atomic mass is 10.3. The predicted molar refractivity (Wildman–Crippen MR) is 66.2 cm³/mol. The Bertz CT molecular complexity index is 300. The number of halogens is 1. The van der Waals surface area contributed by atoms with Crippen molar-refractivity contribution in [3.63, 3.8) is 0 Å². The number of hydrogen-bond acceptors (Lipinski definition) is 4. The molecule has 0 unspecified atom stereocenters. The minimum atomic E-state index is -3.21. The summed E-state index contributed by atoms with van der Waals surface area (Å²) in [5.74, 6) is 0. The molecule has 0 N–H and O–H groups in total. The molecule has 0 spiro atoms. The van der Waals surface area contributed by atoms with E-state index < -0.39 is 10.0 Å². The minimum absolute atomic E-state index is 0.315. The van der Waals surface area contributed by atoms with Crippen LogP contribution in [0.2, 0.25) is 0 Å². The Kier molecular flexibility index (Phi) is 5.46. The topological polar surface area (TPSA) is 43.9 Å². The van der Waals surface area contributed by atoms with Gasteiger partial charge in [0, 0.05) is 39.3 Å². The number of nitrogens with zero attached hydrogens (tertiary/aromatic N) is 3. The third kappa shape index (κ3) is 4.18. The van der Waals surface area contributed by atoms with Gasteiger partial charge in [-0.3, -0.25) is 4.90 Å².